The zero-order valence-corrected chi connectivity index (χ0v) is 13.5. The summed E-state index contributed by atoms with van der Waals surface area (Å²) in [5.74, 6) is 0.0835. The molecule has 0 aromatic heterocycles. The van der Waals surface area contributed by atoms with Gasteiger partial charge in [-0.3, -0.25) is 9.59 Å². The minimum absolute atomic E-state index is 0.0487. The van der Waals surface area contributed by atoms with E-state index in [0.717, 1.165) is 65.0 Å². The molecule has 6 heteroatoms. The van der Waals surface area contributed by atoms with E-state index in [4.69, 9.17) is 4.74 Å². The third-order valence-electron chi connectivity index (χ3n) is 4.63. The van der Waals surface area contributed by atoms with Crippen molar-refractivity contribution in [2.75, 3.05) is 45.9 Å². The van der Waals surface area contributed by atoms with E-state index in [-0.39, 0.29) is 24.3 Å². The first-order valence-electron chi connectivity index (χ1n) is 8.71. The molecule has 1 heterocycles. The molecule has 0 atom stereocenters. The highest BCUT2D eigenvalue weighted by Gasteiger charge is 2.21. The minimum Gasteiger partial charge on any atom is -0.370 e. The molecule has 0 aromatic rings. The van der Waals surface area contributed by atoms with Crippen molar-refractivity contribution >= 4 is 11.8 Å². The van der Waals surface area contributed by atoms with E-state index in [9.17, 15) is 9.59 Å². The molecule has 22 heavy (non-hydrogen) atoms. The quantitative estimate of drug-likeness (QED) is 0.534. The Morgan fingerprint density at radius 2 is 1.77 bits per heavy atom. The third-order valence-corrected chi connectivity index (χ3v) is 4.63. The second-order valence-corrected chi connectivity index (χ2v) is 6.37. The van der Waals surface area contributed by atoms with Gasteiger partial charge in [0.2, 0.25) is 11.8 Å². The van der Waals surface area contributed by atoms with E-state index in [1.807, 2.05) is 0 Å². The molecular weight excluding hydrogens is 282 g/mol. The number of amides is 2. The van der Waals surface area contributed by atoms with Gasteiger partial charge < -0.3 is 20.3 Å². The highest BCUT2D eigenvalue weighted by Crippen LogP contribution is 2.23. The summed E-state index contributed by atoms with van der Waals surface area (Å²) in [5.41, 5.74) is 0. The Hall–Kier alpha value is -1.14. The van der Waals surface area contributed by atoms with Gasteiger partial charge in [0.15, 0.2) is 0 Å². The highest BCUT2D eigenvalue weighted by atomic mass is 16.5. The predicted molar refractivity (Wildman–Crippen MR) is 83.6 cm³/mol. The summed E-state index contributed by atoms with van der Waals surface area (Å²) < 4.78 is 5.32. The van der Waals surface area contributed by atoms with Crippen molar-refractivity contribution in [3.8, 4) is 0 Å². The molecule has 2 rings (SSSR count). The number of carbonyl (C=O) groups excluding carboxylic acids is 2. The van der Waals surface area contributed by atoms with Gasteiger partial charge in [-0.15, -0.1) is 0 Å². The maximum atomic E-state index is 11.9. The Labute approximate surface area is 132 Å². The number of hydrogen-bond donors (Lipinski definition) is 3. The van der Waals surface area contributed by atoms with Crippen LogP contribution in [0.4, 0.5) is 0 Å². The summed E-state index contributed by atoms with van der Waals surface area (Å²) in [6.45, 7) is 5.67. The van der Waals surface area contributed by atoms with Gasteiger partial charge in [0.1, 0.15) is 13.1 Å². The maximum Gasteiger partial charge on any atom is 0.239 e. The molecule has 1 aliphatic heterocycles. The zero-order valence-electron chi connectivity index (χ0n) is 13.5. The van der Waals surface area contributed by atoms with E-state index < -0.39 is 0 Å². The smallest absolute Gasteiger partial charge is 0.239 e. The standard InChI is InChI=1S/C16H29N3O3/c20-15(13-18-16(21)14-5-2-1-3-6-14)17-7-4-8-19-9-11-22-12-10-19/h14H,1-13H2,(H,17,20)(H,18,21)/p+1. The van der Waals surface area contributed by atoms with Crippen LogP contribution in [0.3, 0.4) is 0 Å². The minimum atomic E-state index is -0.0823. The number of ether oxygens (including phenoxy) is 1. The van der Waals surface area contributed by atoms with E-state index in [2.05, 4.69) is 10.6 Å². The van der Waals surface area contributed by atoms with Crippen LogP contribution >= 0.6 is 0 Å². The molecule has 0 spiro atoms. The van der Waals surface area contributed by atoms with Gasteiger partial charge in [0.25, 0.3) is 0 Å². The summed E-state index contributed by atoms with van der Waals surface area (Å²) in [4.78, 5) is 25.2. The molecule has 2 fully saturated rings. The fourth-order valence-electron chi connectivity index (χ4n) is 3.22. The molecule has 126 valence electrons. The van der Waals surface area contributed by atoms with E-state index in [1.54, 1.807) is 4.90 Å². The molecule has 0 unspecified atom stereocenters. The largest absolute Gasteiger partial charge is 0.370 e. The Bertz CT molecular complexity index is 351. The van der Waals surface area contributed by atoms with Gasteiger partial charge in [-0.1, -0.05) is 19.3 Å². The van der Waals surface area contributed by atoms with Crippen LogP contribution in [0.25, 0.3) is 0 Å². The fourth-order valence-corrected chi connectivity index (χ4v) is 3.22. The second-order valence-electron chi connectivity index (χ2n) is 6.37. The van der Waals surface area contributed by atoms with Gasteiger partial charge in [0, 0.05) is 18.9 Å². The maximum absolute atomic E-state index is 11.9. The molecule has 1 aliphatic carbocycles. The lowest BCUT2D eigenvalue weighted by Gasteiger charge is -2.23. The zero-order chi connectivity index (χ0) is 15.6. The van der Waals surface area contributed by atoms with Gasteiger partial charge in [0.05, 0.1) is 26.3 Å². The van der Waals surface area contributed by atoms with E-state index in [0.29, 0.717) is 6.54 Å². The van der Waals surface area contributed by atoms with Crippen molar-refractivity contribution in [1.82, 2.24) is 10.6 Å². The first-order valence-corrected chi connectivity index (χ1v) is 8.71. The van der Waals surface area contributed by atoms with Gasteiger partial charge in [-0.05, 0) is 12.8 Å². The lowest BCUT2D eigenvalue weighted by molar-refractivity contribution is -0.908. The molecule has 1 saturated carbocycles. The Morgan fingerprint density at radius 1 is 1.05 bits per heavy atom. The van der Waals surface area contributed by atoms with Crippen molar-refractivity contribution < 1.29 is 19.2 Å². The summed E-state index contributed by atoms with van der Waals surface area (Å²) in [5, 5.41) is 5.65. The number of quaternary nitrogens is 1. The first kappa shape index (κ1) is 17.2. The number of hydrogen-bond acceptors (Lipinski definition) is 3. The van der Waals surface area contributed by atoms with E-state index >= 15 is 0 Å². The van der Waals surface area contributed by atoms with Crippen LogP contribution in [0.2, 0.25) is 0 Å². The predicted octanol–water partition coefficient (Wildman–Crippen LogP) is -0.896. The van der Waals surface area contributed by atoms with Crippen LogP contribution in [0.1, 0.15) is 38.5 Å². The lowest BCUT2D eigenvalue weighted by atomic mass is 9.89. The number of nitrogens with one attached hydrogen (secondary N) is 3. The van der Waals surface area contributed by atoms with Gasteiger partial charge >= 0.3 is 0 Å². The molecule has 1 saturated heterocycles. The SMILES string of the molecule is O=C(CNC(=O)C1CCCCC1)NCCC[NH+]1CCOCC1. The summed E-state index contributed by atoms with van der Waals surface area (Å²) in [6, 6.07) is 0. The van der Waals surface area contributed by atoms with Crippen molar-refractivity contribution in [3.05, 3.63) is 0 Å². The van der Waals surface area contributed by atoms with Crippen LogP contribution in [-0.2, 0) is 14.3 Å². The molecule has 3 N–H and O–H groups in total. The molecule has 2 amide bonds. The molecular formula is C16H30N3O3+. The number of rotatable bonds is 7. The summed E-state index contributed by atoms with van der Waals surface area (Å²) >= 11 is 0. The van der Waals surface area contributed by atoms with Crippen LogP contribution in [0.5, 0.6) is 0 Å². The highest BCUT2D eigenvalue weighted by molar-refractivity contribution is 5.85. The van der Waals surface area contributed by atoms with E-state index in [1.165, 1.54) is 6.42 Å². The lowest BCUT2D eigenvalue weighted by Crippen LogP contribution is -3.14. The van der Waals surface area contributed by atoms with Crippen LogP contribution in [0.15, 0.2) is 0 Å². The molecule has 0 radical (unpaired) electrons. The van der Waals surface area contributed by atoms with Crippen molar-refractivity contribution in [2.45, 2.75) is 38.5 Å². The van der Waals surface area contributed by atoms with Crippen LogP contribution in [-0.4, -0.2) is 57.8 Å². The molecule has 6 nitrogen and oxygen atoms in total. The fraction of sp³-hybridized carbons (Fsp3) is 0.875. The Kier molecular flexibility index (Phi) is 7.66. The Balaban J connectivity index is 1.49. The normalized spacial score (nSPS) is 20.5. The van der Waals surface area contributed by atoms with Crippen molar-refractivity contribution in [3.63, 3.8) is 0 Å². The van der Waals surface area contributed by atoms with Crippen LogP contribution in [0, 0.1) is 5.92 Å². The second kappa shape index (κ2) is 9.79. The summed E-state index contributed by atoms with van der Waals surface area (Å²) in [6.07, 6.45) is 6.40. The first-order chi connectivity index (χ1) is 10.8. The number of carbonyl (C=O) groups is 2. The van der Waals surface area contributed by atoms with Crippen molar-refractivity contribution in [2.24, 2.45) is 5.92 Å². The topological polar surface area (TPSA) is 71.9 Å². The van der Waals surface area contributed by atoms with Gasteiger partial charge in [-0.2, -0.15) is 0 Å². The average molecular weight is 312 g/mol. The summed E-state index contributed by atoms with van der Waals surface area (Å²) in [7, 11) is 0. The Morgan fingerprint density at radius 3 is 2.50 bits per heavy atom. The van der Waals surface area contributed by atoms with Crippen molar-refractivity contribution in [1.29, 1.82) is 0 Å². The molecule has 0 bridgehead atoms. The third kappa shape index (κ3) is 6.32. The van der Waals surface area contributed by atoms with Crippen LogP contribution < -0.4 is 15.5 Å². The molecule has 2 aliphatic rings. The molecule has 0 aromatic carbocycles. The monoisotopic (exact) mass is 312 g/mol. The average Bonchev–Trinajstić information content (AvgIpc) is 2.58. The number of morpholine rings is 1. The van der Waals surface area contributed by atoms with Gasteiger partial charge in [-0.25, -0.2) is 0 Å².